The average molecular weight is 387 g/mol. The van der Waals surface area contributed by atoms with E-state index in [1.165, 1.54) is 0 Å². The molecule has 132 valence electrons. The van der Waals surface area contributed by atoms with Crippen LogP contribution >= 0.6 is 23.2 Å². The van der Waals surface area contributed by atoms with Gasteiger partial charge in [-0.1, -0.05) is 59.6 Å². The van der Waals surface area contributed by atoms with Crippen molar-refractivity contribution in [2.45, 2.75) is 6.54 Å². The Bertz CT molecular complexity index is 901. The lowest BCUT2D eigenvalue weighted by molar-refractivity contribution is 0.251. The van der Waals surface area contributed by atoms with Crippen LogP contribution in [0.5, 0.6) is 11.5 Å². The highest BCUT2D eigenvalue weighted by Crippen LogP contribution is 2.29. The number of carbonyl (C=O) groups excluding carboxylic acids is 1. The molecule has 0 spiro atoms. The van der Waals surface area contributed by atoms with Gasteiger partial charge in [-0.3, -0.25) is 0 Å². The standard InChI is InChI=1S/C20H16Cl2N2O2/c21-15-11-10-14(17(22)12-15)13-23-20(25)24-18-8-4-5-9-19(18)26-16-6-2-1-3-7-16/h1-12H,13H2,(H2,23,24,25). The van der Waals surface area contributed by atoms with Crippen molar-refractivity contribution in [1.29, 1.82) is 0 Å². The van der Waals surface area contributed by atoms with E-state index in [0.717, 1.165) is 5.56 Å². The number of halogens is 2. The Balaban J connectivity index is 1.64. The maximum Gasteiger partial charge on any atom is 0.319 e. The van der Waals surface area contributed by atoms with Gasteiger partial charge in [0.05, 0.1) is 5.69 Å². The number of benzene rings is 3. The van der Waals surface area contributed by atoms with Gasteiger partial charge in [0.1, 0.15) is 5.75 Å². The summed E-state index contributed by atoms with van der Waals surface area (Å²) < 4.78 is 5.83. The Morgan fingerprint density at radius 3 is 2.42 bits per heavy atom. The molecule has 4 nitrogen and oxygen atoms in total. The van der Waals surface area contributed by atoms with E-state index in [-0.39, 0.29) is 12.6 Å². The molecule has 26 heavy (non-hydrogen) atoms. The summed E-state index contributed by atoms with van der Waals surface area (Å²) in [6, 6.07) is 21.4. The molecule has 3 rings (SSSR count). The Labute approximate surface area is 161 Å². The van der Waals surface area contributed by atoms with Gasteiger partial charge < -0.3 is 15.4 Å². The minimum atomic E-state index is -0.361. The van der Waals surface area contributed by atoms with Crippen LogP contribution in [-0.4, -0.2) is 6.03 Å². The Morgan fingerprint density at radius 2 is 1.65 bits per heavy atom. The predicted octanol–water partition coefficient (Wildman–Crippen LogP) is 6.11. The lowest BCUT2D eigenvalue weighted by atomic mass is 10.2. The van der Waals surface area contributed by atoms with Crippen LogP contribution in [0.4, 0.5) is 10.5 Å². The summed E-state index contributed by atoms with van der Waals surface area (Å²) in [7, 11) is 0. The van der Waals surface area contributed by atoms with Crippen LogP contribution in [0.2, 0.25) is 10.0 Å². The normalized spacial score (nSPS) is 10.2. The molecule has 3 aromatic carbocycles. The number of ether oxygens (including phenoxy) is 1. The maximum absolute atomic E-state index is 12.2. The molecule has 0 unspecified atom stereocenters. The maximum atomic E-state index is 12.2. The summed E-state index contributed by atoms with van der Waals surface area (Å²) >= 11 is 12.0. The van der Waals surface area contributed by atoms with Crippen molar-refractivity contribution in [1.82, 2.24) is 5.32 Å². The second kappa shape index (κ2) is 8.61. The van der Waals surface area contributed by atoms with E-state index in [1.54, 1.807) is 30.3 Å². The monoisotopic (exact) mass is 386 g/mol. The molecule has 0 aliphatic heterocycles. The van der Waals surface area contributed by atoms with Gasteiger partial charge in [0.25, 0.3) is 0 Å². The highest BCUT2D eigenvalue weighted by atomic mass is 35.5. The van der Waals surface area contributed by atoms with Crippen LogP contribution in [0.1, 0.15) is 5.56 Å². The van der Waals surface area contributed by atoms with Crippen molar-refractivity contribution in [3.63, 3.8) is 0 Å². The summed E-state index contributed by atoms with van der Waals surface area (Å²) in [6.07, 6.45) is 0. The number of urea groups is 1. The molecule has 0 atom stereocenters. The first-order valence-corrected chi connectivity index (χ1v) is 8.68. The second-order valence-corrected chi connectivity index (χ2v) is 6.30. The molecule has 0 saturated carbocycles. The molecule has 0 aliphatic carbocycles. The molecule has 0 saturated heterocycles. The van der Waals surface area contributed by atoms with Gasteiger partial charge in [0, 0.05) is 16.6 Å². The first-order valence-electron chi connectivity index (χ1n) is 7.92. The highest BCUT2D eigenvalue weighted by Gasteiger charge is 2.09. The van der Waals surface area contributed by atoms with Crippen LogP contribution in [0, 0.1) is 0 Å². The number of anilines is 1. The lowest BCUT2D eigenvalue weighted by Crippen LogP contribution is -2.28. The number of rotatable bonds is 5. The third-order valence-electron chi connectivity index (χ3n) is 3.56. The number of carbonyl (C=O) groups is 1. The van der Waals surface area contributed by atoms with E-state index >= 15 is 0 Å². The lowest BCUT2D eigenvalue weighted by Gasteiger charge is -2.13. The minimum Gasteiger partial charge on any atom is -0.455 e. The zero-order chi connectivity index (χ0) is 18.4. The Hall–Kier alpha value is -2.69. The first-order chi connectivity index (χ1) is 12.6. The molecule has 0 fully saturated rings. The molecule has 0 radical (unpaired) electrons. The number of amides is 2. The Morgan fingerprint density at radius 1 is 0.923 bits per heavy atom. The quantitative estimate of drug-likeness (QED) is 0.555. The van der Waals surface area contributed by atoms with Gasteiger partial charge in [-0.2, -0.15) is 0 Å². The van der Waals surface area contributed by atoms with Gasteiger partial charge in [0.15, 0.2) is 5.75 Å². The molecule has 0 bridgehead atoms. The number of hydrogen-bond donors (Lipinski definition) is 2. The Kier molecular flexibility index (Phi) is 6.00. The van der Waals surface area contributed by atoms with E-state index in [0.29, 0.717) is 27.2 Å². The largest absolute Gasteiger partial charge is 0.455 e. The average Bonchev–Trinajstić information content (AvgIpc) is 2.63. The van der Waals surface area contributed by atoms with Gasteiger partial charge in [-0.25, -0.2) is 4.79 Å². The second-order valence-electron chi connectivity index (χ2n) is 5.45. The van der Waals surface area contributed by atoms with Crippen LogP contribution in [0.15, 0.2) is 72.8 Å². The van der Waals surface area contributed by atoms with Gasteiger partial charge in [-0.05, 0) is 42.0 Å². The van der Waals surface area contributed by atoms with E-state index in [9.17, 15) is 4.79 Å². The van der Waals surface area contributed by atoms with Crippen LogP contribution < -0.4 is 15.4 Å². The van der Waals surface area contributed by atoms with Crippen molar-refractivity contribution >= 4 is 34.9 Å². The van der Waals surface area contributed by atoms with Crippen molar-refractivity contribution in [3.8, 4) is 11.5 Å². The SMILES string of the molecule is O=C(NCc1ccc(Cl)cc1Cl)Nc1ccccc1Oc1ccccc1. The van der Waals surface area contributed by atoms with Crippen molar-refractivity contribution in [2.75, 3.05) is 5.32 Å². The number of para-hydroxylation sites is 3. The van der Waals surface area contributed by atoms with Gasteiger partial charge >= 0.3 is 6.03 Å². The van der Waals surface area contributed by atoms with E-state index < -0.39 is 0 Å². The van der Waals surface area contributed by atoms with E-state index in [4.69, 9.17) is 27.9 Å². The van der Waals surface area contributed by atoms with Gasteiger partial charge in [-0.15, -0.1) is 0 Å². The molecule has 0 aliphatic rings. The number of hydrogen-bond acceptors (Lipinski definition) is 2. The highest BCUT2D eigenvalue weighted by molar-refractivity contribution is 6.35. The van der Waals surface area contributed by atoms with Crippen LogP contribution in [0.3, 0.4) is 0 Å². The number of nitrogens with one attached hydrogen (secondary N) is 2. The molecule has 2 N–H and O–H groups in total. The van der Waals surface area contributed by atoms with Crippen molar-refractivity contribution in [3.05, 3.63) is 88.4 Å². The fourth-order valence-corrected chi connectivity index (χ4v) is 2.76. The molecule has 6 heteroatoms. The summed E-state index contributed by atoms with van der Waals surface area (Å²) in [5, 5.41) is 6.61. The third-order valence-corrected chi connectivity index (χ3v) is 4.15. The summed E-state index contributed by atoms with van der Waals surface area (Å²) in [5.41, 5.74) is 1.34. The first kappa shape index (κ1) is 18.1. The summed E-state index contributed by atoms with van der Waals surface area (Å²) in [4.78, 5) is 12.2. The summed E-state index contributed by atoms with van der Waals surface area (Å²) in [5.74, 6) is 1.24. The minimum absolute atomic E-state index is 0.281. The zero-order valence-electron chi connectivity index (χ0n) is 13.7. The molecule has 0 aromatic heterocycles. The molecular weight excluding hydrogens is 371 g/mol. The topological polar surface area (TPSA) is 50.4 Å². The van der Waals surface area contributed by atoms with Crippen LogP contribution in [-0.2, 0) is 6.54 Å². The molecule has 0 heterocycles. The van der Waals surface area contributed by atoms with Gasteiger partial charge in [0.2, 0.25) is 0 Å². The molecule has 3 aromatic rings. The van der Waals surface area contributed by atoms with E-state index in [1.807, 2.05) is 42.5 Å². The summed E-state index contributed by atoms with van der Waals surface area (Å²) in [6.45, 7) is 0.281. The van der Waals surface area contributed by atoms with Crippen molar-refractivity contribution in [2.24, 2.45) is 0 Å². The predicted molar refractivity (Wildman–Crippen MR) is 105 cm³/mol. The fourth-order valence-electron chi connectivity index (χ4n) is 2.28. The molecule has 2 amide bonds. The van der Waals surface area contributed by atoms with Crippen molar-refractivity contribution < 1.29 is 9.53 Å². The fraction of sp³-hybridized carbons (Fsp3) is 0.0500. The smallest absolute Gasteiger partial charge is 0.319 e. The third kappa shape index (κ3) is 4.91. The van der Waals surface area contributed by atoms with E-state index in [2.05, 4.69) is 10.6 Å². The zero-order valence-corrected chi connectivity index (χ0v) is 15.2. The van der Waals surface area contributed by atoms with Crippen LogP contribution in [0.25, 0.3) is 0 Å². The molecular formula is C20H16Cl2N2O2.